The highest BCUT2D eigenvalue weighted by Gasteiger charge is 2.22. The number of hydrogen-bond acceptors (Lipinski definition) is 6. The van der Waals surface area contributed by atoms with E-state index in [0.29, 0.717) is 11.4 Å². The lowest BCUT2D eigenvalue weighted by atomic mass is 10.2. The predicted octanol–water partition coefficient (Wildman–Crippen LogP) is 0.861. The van der Waals surface area contributed by atoms with Crippen molar-refractivity contribution in [2.24, 2.45) is 0 Å². The molecule has 0 aromatic carbocycles. The van der Waals surface area contributed by atoms with E-state index in [1.54, 1.807) is 0 Å². The fraction of sp³-hybridized carbons (Fsp3) is 0.667. The van der Waals surface area contributed by atoms with Gasteiger partial charge in [-0.15, -0.1) is 0 Å². The zero-order chi connectivity index (χ0) is 14.6. The maximum atomic E-state index is 12.1. The Bertz CT molecular complexity index is 430. The predicted molar refractivity (Wildman–Crippen MR) is 81.0 cm³/mol. The maximum Gasteiger partial charge on any atom is 0.258 e. The average Bonchev–Trinajstić information content (AvgIpc) is 2.67. The summed E-state index contributed by atoms with van der Waals surface area (Å²) in [6.07, 6.45) is 0. The fourth-order valence-corrected chi connectivity index (χ4v) is 2.35. The molecule has 0 bridgehead atoms. The SMILES string of the molecule is CC(C)NC(=O)c1c(N)nsc1N(C)CCN(C)C. The van der Waals surface area contributed by atoms with Gasteiger partial charge in [0.1, 0.15) is 10.6 Å². The Labute approximate surface area is 118 Å². The third-order valence-corrected chi connectivity index (χ3v) is 3.55. The molecule has 1 rings (SSSR count). The number of amides is 1. The molecule has 19 heavy (non-hydrogen) atoms. The van der Waals surface area contributed by atoms with Crippen LogP contribution in [-0.2, 0) is 0 Å². The van der Waals surface area contributed by atoms with Crippen LogP contribution in [0.15, 0.2) is 0 Å². The zero-order valence-electron chi connectivity index (χ0n) is 12.2. The molecular formula is C12H23N5OS. The summed E-state index contributed by atoms with van der Waals surface area (Å²) in [5, 5.41) is 3.67. The van der Waals surface area contributed by atoms with Crippen molar-refractivity contribution >= 4 is 28.3 Å². The standard InChI is InChI=1S/C12H23N5OS/c1-8(2)14-11(18)9-10(13)15-19-12(9)17(5)7-6-16(3)4/h8H,6-7H2,1-5H3,(H2,13,15)(H,14,18). The van der Waals surface area contributed by atoms with Crippen LogP contribution in [0.3, 0.4) is 0 Å². The number of carbonyl (C=O) groups excluding carboxylic acids is 1. The van der Waals surface area contributed by atoms with E-state index in [-0.39, 0.29) is 11.9 Å². The first-order valence-corrected chi connectivity index (χ1v) is 7.02. The molecule has 0 aliphatic carbocycles. The van der Waals surface area contributed by atoms with Gasteiger partial charge in [-0.3, -0.25) is 4.79 Å². The molecule has 1 aromatic heterocycles. The first-order valence-electron chi connectivity index (χ1n) is 6.24. The minimum absolute atomic E-state index is 0.0757. The third-order valence-electron chi connectivity index (χ3n) is 2.58. The molecule has 7 heteroatoms. The molecule has 0 radical (unpaired) electrons. The highest BCUT2D eigenvalue weighted by molar-refractivity contribution is 7.11. The molecule has 0 fully saturated rings. The first kappa shape index (κ1) is 15.7. The number of rotatable bonds is 6. The van der Waals surface area contributed by atoms with Gasteiger partial charge < -0.3 is 20.9 Å². The van der Waals surface area contributed by atoms with E-state index in [0.717, 1.165) is 18.1 Å². The molecule has 1 aromatic rings. The van der Waals surface area contributed by atoms with Crippen molar-refractivity contribution < 1.29 is 4.79 Å². The summed E-state index contributed by atoms with van der Waals surface area (Å²) in [6, 6.07) is 0.0757. The van der Waals surface area contributed by atoms with Crippen molar-refractivity contribution in [3.63, 3.8) is 0 Å². The van der Waals surface area contributed by atoms with Crippen molar-refractivity contribution in [1.29, 1.82) is 0 Å². The maximum absolute atomic E-state index is 12.1. The topological polar surface area (TPSA) is 74.5 Å². The van der Waals surface area contributed by atoms with Crippen LogP contribution < -0.4 is 16.0 Å². The Morgan fingerprint density at radius 2 is 2.00 bits per heavy atom. The molecule has 0 unspecified atom stereocenters. The number of aromatic nitrogens is 1. The summed E-state index contributed by atoms with van der Waals surface area (Å²) < 4.78 is 4.10. The summed E-state index contributed by atoms with van der Waals surface area (Å²) in [7, 11) is 5.98. The van der Waals surface area contributed by atoms with Crippen LogP contribution >= 0.6 is 11.5 Å². The Hall–Kier alpha value is -1.34. The lowest BCUT2D eigenvalue weighted by Gasteiger charge is -2.21. The second-order valence-corrected chi connectivity index (χ2v) is 5.85. The Balaban J connectivity index is 2.87. The molecular weight excluding hydrogens is 262 g/mol. The van der Waals surface area contributed by atoms with Crippen LogP contribution in [-0.4, -0.2) is 55.5 Å². The smallest absolute Gasteiger partial charge is 0.258 e. The van der Waals surface area contributed by atoms with Crippen LogP contribution in [0.4, 0.5) is 10.8 Å². The van der Waals surface area contributed by atoms with Gasteiger partial charge in [-0.05, 0) is 39.5 Å². The summed E-state index contributed by atoms with van der Waals surface area (Å²) in [5.41, 5.74) is 6.30. The molecule has 0 spiro atoms. The lowest BCUT2D eigenvalue weighted by Crippen LogP contribution is -2.33. The van der Waals surface area contributed by atoms with E-state index < -0.39 is 0 Å². The molecule has 0 saturated heterocycles. The van der Waals surface area contributed by atoms with Gasteiger partial charge in [-0.25, -0.2) is 0 Å². The molecule has 108 valence electrons. The minimum Gasteiger partial charge on any atom is -0.382 e. The van der Waals surface area contributed by atoms with E-state index >= 15 is 0 Å². The number of hydrogen-bond donors (Lipinski definition) is 2. The molecule has 1 heterocycles. The van der Waals surface area contributed by atoms with E-state index in [1.807, 2.05) is 39.9 Å². The molecule has 0 saturated carbocycles. The van der Waals surface area contributed by atoms with Crippen LogP contribution in [0.25, 0.3) is 0 Å². The Kier molecular flexibility index (Phi) is 5.56. The summed E-state index contributed by atoms with van der Waals surface area (Å²) in [6.45, 7) is 5.56. The van der Waals surface area contributed by atoms with Crippen molar-refractivity contribution in [1.82, 2.24) is 14.6 Å². The van der Waals surface area contributed by atoms with Gasteiger partial charge in [-0.2, -0.15) is 4.37 Å². The Morgan fingerprint density at radius 1 is 1.37 bits per heavy atom. The fourth-order valence-electron chi connectivity index (χ4n) is 1.55. The summed E-state index contributed by atoms with van der Waals surface area (Å²) in [4.78, 5) is 16.2. The van der Waals surface area contributed by atoms with Crippen molar-refractivity contribution in [2.45, 2.75) is 19.9 Å². The van der Waals surface area contributed by atoms with Gasteiger partial charge >= 0.3 is 0 Å². The second kappa shape index (κ2) is 6.72. The van der Waals surface area contributed by atoms with Gasteiger partial charge in [0.05, 0.1) is 0 Å². The van der Waals surface area contributed by atoms with E-state index in [1.165, 1.54) is 11.5 Å². The van der Waals surface area contributed by atoms with Crippen LogP contribution in [0.2, 0.25) is 0 Å². The molecule has 1 amide bonds. The molecule has 0 atom stereocenters. The largest absolute Gasteiger partial charge is 0.382 e. The highest BCUT2D eigenvalue weighted by atomic mass is 32.1. The normalized spacial score (nSPS) is 11.1. The zero-order valence-corrected chi connectivity index (χ0v) is 13.0. The number of nitrogens with two attached hydrogens (primary N) is 1. The van der Waals surface area contributed by atoms with Crippen LogP contribution in [0, 0.1) is 0 Å². The molecule has 6 nitrogen and oxygen atoms in total. The van der Waals surface area contributed by atoms with Gasteiger partial charge in [0.2, 0.25) is 0 Å². The number of nitrogens with one attached hydrogen (secondary N) is 1. The third kappa shape index (κ3) is 4.36. The first-order chi connectivity index (χ1) is 8.82. The van der Waals surface area contributed by atoms with Gasteiger partial charge in [0, 0.05) is 26.2 Å². The summed E-state index contributed by atoms with van der Waals surface area (Å²) in [5.74, 6) is 0.141. The average molecular weight is 285 g/mol. The number of nitrogens with zero attached hydrogens (tertiary/aromatic N) is 3. The number of likely N-dealkylation sites (N-methyl/N-ethyl adjacent to an activating group) is 2. The summed E-state index contributed by atoms with van der Waals surface area (Å²) >= 11 is 1.26. The van der Waals surface area contributed by atoms with Gasteiger partial charge in [0.25, 0.3) is 5.91 Å². The monoisotopic (exact) mass is 285 g/mol. The van der Waals surface area contributed by atoms with Crippen LogP contribution in [0.1, 0.15) is 24.2 Å². The van der Waals surface area contributed by atoms with Crippen molar-refractivity contribution in [3.05, 3.63) is 5.56 Å². The number of nitrogen functional groups attached to an aromatic ring is 1. The van der Waals surface area contributed by atoms with E-state index in [2.05, 4.69) is 14.6 Å². The van der Waals surface area contributed by atoms with Crippen molar-refractivity contribution in [3.8, 4) is 0 Å². The lowest BCUT2D eigenvalue weighted by molar-refractivity contribution is 0.0945. The van der Waals surface area contributed by atoms with Gasteiger partial charge in [-0.1, -0.05) is 0 Å². The molecule has 0 aliphatic heterocycles. The minimum atomic E-state index is -0.159. The molecule has 0 aliphatic rings. The number of anilines is 2. The van der Waals surface area contributed by atoms with Gasteiger partial charge in [0.15, 0.2) is 5.82 Å². The Morgan fingerprint density at radius 3 is 2.53 bits per heavy atom. The highest BCUT2D eigenvalue weighted by Crippen LogP contribution is 2.29. The van der Waals surface area contributed by atoms with Crippen LogP contribution in [0.5, 0.6) is 0 Å². The quantitative estimate of drug-likeness (QED) is 0.811. The number of carbonyl (C=O) groups is 1. The van der Waals surface area contributed by atoms with E-state index in [4.69, 9.17) is 5.73 Å². The van der Waals surface area contributed by atoms with E-state index in [9.17, 15) is 4.79 Å². The van der Waals surface area contributed by atoms with Crippen molar-refractivity contribution in [2.75, 3.05) is 44.9 Å². The second-order valence-electron chi connectivity index (χ2n) is 5.10. The molecule has 3 N–H and O–H groups in total.